The first kappa shape index (κ1) is 11.6. The van der Waals surface area contributed by atoms with E-state index in [1.165, 1.54) is 0 Å². The van der Waals surface area contributed by atoms with Crippen LogP contribution < -0.4 is 0 Å². The second kappa shape index (κ2) is 5.45. The van der Waals surface area contributed by atoms with Crippen LogP contribution >= 0.6 is 23.0 Å². The molecule has 1 fully saturated rings. The largest absolute Gasteiger partial charge is 0.379 e. The fraction of sp³-hybridized carbons (Fsp3) is 1.00. The quantitative estimate of drug-likeness (QED) is 0.741. The molecule has 0 saturated carbocycles. The predicted octanol–water partition coefficient (Wildman–Crippen LogP) is 1.52. The number of halogens is 1. The Morgan fingerprint density at radius 2 is 1.85 bits per heavy atom. The van der Waals surface area contributed by atoms with Crippen molar-refractivity contribution in [1.29, 1.82) is 0 Å². The smallest absolute Gasteiger partial charge is 0.195 e. The minimum absolute atomic E-state index is 0.0435. The topological polar surface area (TPSA) is 36.9 Å². The molecule has 0 aliphatic carbocycles. The molecule has 0 aromatic rings. The molecule has 5 heteroatoms. The molecule has 1 heterocycles. The van der Waals surface area contributed by atoms with E-state index in [0.717, 1.165) is 6.42 Å². The Balaban J connectivity index is 2.54. The fourth-order valence-corrected chi connectivity index (χ4v) is 1.94. The maximum absolute atomic E-state index is 5.56. The van der Waals surface area contributed by atoms with E-state index in [0.29, 0.717) is 0 Å². The molecule has 0 N–H and O–H groups in total. The molecule has 1 saturated heterocycles. The molecule has 0 radical (unpaired) electrons. The number of rotatable bonds is 3. The van der Waals surface area contributed by atoms with Gasteiger partial charge in [0.1, 0.15) is 29.1 Å². The van der Waals surface area contributed by atoms with Gasteiger partial charge in [0, 0.05) is 20.6 Å². The van der Waals surface area contributed by atoms with E-state index in [2.05, 4.69) is 0 Å². The number of hydrogen-bond acceptors (Lipinski definition) is 4. The van der Waals surface area contributed by atoms with Gasteiger partial charge in [-0.3, -0.25) is 3.07 Å². The zero-order valence-corrected chi connectivity index (χ0v) is 10.2. The maximum atomic E-state index is 5.56. The van der Waals surface area contributed by atoms with Gasteiger partial charge in [0.05, 0.1) is 12.2 Å². The van der Waals surface area contributed by atoms with Gasteiger partial charge < -0.3 is 14.2 Å². The van der Waals surface area contributed by atoms with Gasteiger partial charge in [0.25, 0.3) is 0 Å². The Morgan fingerprint density at radius 1 is 1.23 bits per heavy atom. The first-order chi connectivity index (χ1) is 6.22. The van der Waals surface area contributed by atoms with Crippen LogP contribution in [0.25, 0.3) is 0 Å². The van der Waals surface area contributed by atoms with E-state index in [9.17, 15) is 0 Å². The number of methoxy groups -OCH3 is 2. The standard InChI is InChI=1S/C8H15IO4/c1-5-6(10-2)4-7(11-3)8(12-5)13-9/h5-8H,4H2,1-3H3. The lowest BCUT2D eigenvalue weighted by atomic mass is 10.0. The van der Waals surface area contributed by atoms with Crippen LogP contribution in [0.3, 0.4) is 0 Å². The van der Waals surface area contributed by atoms with Crippen LogP contribution in [-0.4, -0.2) is 38.8 Å². The fourth-order valence-electron chi connectivity index (χ4n) is 1.49. The zero-order chi connectivity index (χ0) is 9.84. The summed E-state index contributed by atoms with van der Waals surface area (Å²) in [5.41, 5.74) is 0. The van der Waals surface area contributed by atoms with Gasteiger partial charge in [-0.25, -0.2) is 0 Å². The van der Waals surface area contributed by atoms with Crippen LogP contribution in [0.1, 0.15) is 13.3 Å². The number of ether oxygens (including phenoxy) is 3. The molecule has 4 nitrogen and oxygen atoms in total. The number of hydrogen-bond donors (Lipinski definition) is 0. The molecule has 0 bridgehead atoms. The highest BCUT2D eigenvalue weighted by molar-refractivity contribution is 14.1. The molecule has 4 unspecified atom stereocenters. The normalized spacial score (nSPS) is 40.6. The van der Waals surface area contributed by atoms with Gasteiger partial charge in [0.15, 0.2) is 6.29 Å². The molecule has 0 aromatic carbocycles. The Kier molecular flexibility index (Phi) is 4.88. The van der Waals surface area contributed by atoms with Crippen molar-refractivity contribution in [1.82, 2.24) is 0 Å². The molecular formula is C8H15IO4. The van der Waals surface area contributed by atoms with Crippen molar-refractivity contribution in [3.05, 3.63) is 0 Å². The minimum Gasteiger partial charge on any atom is -0.379 e. The van der Waals surface area contributed by atoms with E-state index in [-0.39, 0.29) is 24.6 Å². The Labute approximate surface area is 92.6 Å². The van der Waals surface area contributed by atoms with E-state index in [1.807, 2.05) is 29.9 Å². The van der Waals surface area contributed by atoms with Crippen molar-refractivity contribution in [2.45, 2.75) is 37.9 Å². The monoisotopic (exact) mass is 302 g/mol. The Hall–Kier alpha value is 0.570. The molecule has 1 aliphatic rings. The predicted molar refractivity (Wildman–Crippen MR) is 55.7 cm³/mol. The first-order valence-corrected chi connectivity index (χ1v) is 5.09. The van der Waals surface area contributed by atoms with Gasteiger partial charge in [-0.15, -0.1) is 0 Å². The van der Waals surface area contributed by atoms with Crippen LogP contribution in [0.5, 0.6) is 0 Å². The summed E-state index contributed by atoms with van der Waals surface area (Å²) in [5, 5.41) is 0. The van der Waals surface area contributed by atoms with E-state index in [4.69, 9.17) is 17.3 Å². The molecular weight excluding hydrogens is 287 g/mol. The van der Waals surface area contributed by atoms with E-state index < -0.39 is 0 Å². The highest BCUT2D eigenvalue weighted by Crippen LogP contribution is 2.25. The third-order valence-corrected chi connectivity index (χ3v) is 2.84. The third-order valence-electron chi connectivity index (χ3n) is 2.33. The highest BCUT2D eigenvalue weighted by Gasteiger charge is 2.36. The van der Waals surface area contributed by atoms with Crippen LogP contribution in [0.2, 0.25) is 0 Å². The summed E-state index contributed by atoms with van der Waals surface area (Å²) in [6.07, 6.45) is 0.621. The van der Waals surface area contributed by atoms with Crippen molar-refractivity contribution in [3.63, 3.8) is 0 Å². The van der Waals surface area contributed by atoms with Crippen LogP contribution in [0.4, 0.5) is 0 Å². The van der Waals surface area contributed by atoms with E-state index in [1.54, 1.807) is 14.2 Å². The highest BCUT2D eigenvalue weighted by atomic mass is 127. The van der Waals surface area contributed by atoms with Gasteiger partial charge in [0.2, 0.25) is 0 Å². The maximum Gasteiger partial charge on any atom is 0.195 e. The first-order valence-electron chi connectivity index (χ1n) is 4.21. The van der Waals surface area contributed by atoms with E-state index >= 15 is 0 Å². The molecule has 0 amide bonds. The zero-order valence-electron chi connectivity index (χ0n) is 8.03. The second-order valence-electron chi connectivity index (χ2n) is 3.08. The minimum atomic E-state index is -0.285. The second-order valence-corrected chi connectivity index (χ2v) is 3.59. The lowest BCUT2D eigenvalue weighted by molar-refractivity contribution is -0.228. The van der Waals surface area contributed by atoms with Crippen LogP contribution in [0.15, 0.2) is 0 Å². The average molecular weight is 302 g/mol. The summed E-state index contributed by atoms with van der Waals surface area (Å²) in [6.45, 7) is 1.97. The van der Waals surface area contributed by atoms with Crippen molar-refractivity contribution in [2.75, 3.05) is 14.2 Å². The van der Waals surface area contributed by atoms with Crippen molar-refractivity contribution in [2.24, 2.45) is 0 Å². The van der Waals surface area contributed by atoms with Crippen molar-refractivity contribution in [3.8, 4) is 0 Å². The summed E-state index contributed by atoms with van der Waals surface area (Å²) in [7, 11) is 3.34. The Morgan fingerprint density at radius 3 is 2.31 bits per heavy atom. The van der Waals surface area contributed by atoms with Crippen LogP contribution in [-0.2, 0) is 17.3 Å². The molecule has 13 heavy (non-hydrogen) atoms. The summed E-state index contributed by atoms with van der Waals surface area (Å²) in [5.74, 6) is 0. The van der Waals surface area contributed by atoms with Crippen molar-refractivity contribution < 1.29 is 17.3 Å². The lowest BCUT2D eigenvalue weighted by Crippen LogP contribution is -2.47. The molecule has 78 valence electrons. The lowest BCUT2D eigenvalue weighted by Gasteiger charge is -2.37. The molecule has 1 aliphatic heterocycles. The molecule has 1 rings (SSSR count). The van der Waals surface area contributed by atoms with Gasteiger partial charge in [-0.05, 0) is 6.92 Å². The molecule has 0 aromatic heterocycles. The summed E-state index contributed by atoms with van der Waals surface area (Å²) in [4.78, 5) is 0. The van der Waals surface area contributed by atoms with Crippen LogP contribution in [0, 0.1) is 0 Å². The van der Waals surface area contributed by atoms with Gasteiger partial charge in [-0.2, -0.15) is 0 Å². The van der Waals surface area contributed by atoms with Crippen molar-refractivity contribution >= 4 is 23.0 Å². The van der Waals surface area contributed by atoms with Gasteiger partial charge >= 0.3 is 0 Å². The summed E-state index contributed by atoms with van der Waals surface area (Å²) in [6, 6.07) is 0. The average Bonchev–Trinajstić information content (AvgIpc) is 2.17. The summed E-state index contributed by atoms with van der Waals surface area (Å²) < 4.78 is 21.2. The molecule has 4 atom stereocenters. The SMILES string of the molecule is COC1CC(OC)C(OI)OC1C. The third kappa shape index (κ3) is 2.76. The Bertz CT molecular complexity index is 155. The summed E-state index contributed by atoms with van der Waals surface area (Å²) >= 11 is 1.83. The molecule has 0 spiro atoms. The van der Waals surface area contributed by atoms with Gasteiger partial charge in [-0.1, -0.05) is 0 Å².